The summed E-state index contributed by atoms with van der Waals surface area (Å²) in [6.45, 7) is 6.07. The van der Waals surface area contributed by atoms with E-state index in [0.717, 1.165) is 12.8 Å². The summed E-state index contributed by atoms with van der Waals surface area (Å²) in [6, 6.07) is 0.894. The van der Waals surface area contributed by atoms with Crippen molar-refractivity contribution in [2.75, 3.05) is 26.2 Å². The van der Waals surface area contributed by atoms with E-state index < -0.39 is 0 Å². The fourth-order valence-electron chi connectivity index (χ4n) is 2.80. The summed E-state index contributed by atoms with van der Waals surface area (Å²) in [5, 5.41) is 5.57. The largest absolute Gasteiger partial charge is 0.356 e. The summed E-state index contributed by atoms with van der Waals surface area (Å²) >= 11 is 0. The SMILES string of the molecule is [13CH3][C@@H]1CCC[C@H]([13CH3])[15N]1C[13C](=O)[15NH][13CH2]CC(=O)NCCCON. The number of likely N-dealkylation sites (tertiary alicyclic amines) is 1. The van der Waals surface area contributed by atoms with Gasteiger partial charge in [0.15, 0.2) is 0 Å². The maximum Gasteiger partial charge on any atom is 0.234 e. The second-order valence-corrected chi connectivity index (χ2v) is 5.98. The number of nitrogens with one attached hydrogen (secondary N) is 2. The van der Waals surface area contributed by atoms with Gasteiger partial charge in [0.05, 0.1) is 13.2 Å². The molecular formula is C15H30N4O3. The lowest BCUT2D eigenvalue weighted by molar-refractivity contribution is -0.124. The zero-order chi connectivity index (χ0) is 16.4. The number of amides is 2. The molecule has 1 heterocycles. The first-order valence-electron chi connectivity index (χ1n) is 8.15. The van der Waals surface area contributed by atoms with Crippen LogP contribution in [-0.4, -0.2) is 55.0 Å². The first kappa shape index (κ1) is 18.9. The van der Waals surface area contributed by atoms with Gasteiger partial charge in [-0.25, -0.2) is 5.90 Å². The van der Waals surface area contributed by atoms with Crippen LogP contribution in [0, 0.1) is 0 Å². The van der Waals surface area contributed by atoms with Crippen LogP contribution in [0.25, 0.3) is 0 Å². The molecule has 1 fully saturated rings. The van der Waals surface area contributed by atoms with Crippen LogP contribution in [-0.2, 0) is 14.4 Å². The molecule has 0 saturated carbocycles. The molecule has 2 amide bonds. The predicted octanol–water partition coefficient (Wildman–Crippen LogP) is 0.152. The lowest BCUT2D eigenvalue weighted by Crippen LogP contribution is -2.49. The van der Waals surface area contributed by atoms with Crippen molar-refractivity contribution in [1.29, 1.82) is 0 Å². The molecule has 0 spiro atoms. The van der Waals surface area contributed by atoms with Gasteiger partial charge in [-0.2, -0.15) is 0 Å². The maximum atomic E-state index is 12.0. The Balaban J connectivity index is 2.13. The minimum absolute atomic E-state index is 0.00932. The Labute approximate surface area is 132 Å². The van der Waals surface area contributed by atoms with E-state index in [-0.39, 0.29) is 11.8 Å². The van der Waals surface area contributed by atoms with Crippen molar-refractivity contribution in [3.05, 3.63) is 0 Å². The Morgan fingerprint density at radius 2 is 1.77 bits per heavy atom. The Morgan fingerprint density at radius 1 is 1.14 bits per heavy atom. The number of carbonyl (C=O) groups is 2. The van der Waals surface area contributed by atoms with Gasteiger partial charge in [0.2, 0.25) is 11.8 Å². The van der Waals surface area contributed by atoms with Gasteiger partial charge in [0, 0.05) is 31.6 Å². The molecule has 7 heteroatoms. The number of nitrogens with zero attached hydrogens (tertiary/aromatic N) is 1. The van der Waals surface area contributed by atoms with Gasteiger partial charge in [0.25, 0.3) is 0 Å². The third-order valence-electron chi connectivity index (χ3n) is 4.14. The lowest BCUT2D eigenvalue weighted by atomic mass is 10.1. The number of nitrogens with two attached hydrogens (primary N) is 1. The molecule has 0 aromatic carbocycles. The fraction of sp³-hybridized carbons (Fsp3) is 0.867. The molecule has 0 aromatic heterocycles. The van der Waals surface area contributed by atoms with Crippen LogP contribution in [0.2, 0.25) is 0 Å². The van der Waals surface area contributed by atoms with Gasteiger partial charge in [-0.1, -0.05) is 6.42 Å². The number of hydrogen-bond donors (Lipinski definition) is 3. The van der Waals surface area contributed by atoms with Crippen LogP contribution >= 0.6 is 0 Å². The first-order chi connectivity index (χ1) is 10.5. The smallest absolute Gasteiger partial charge is 0.234 e. The molecule has 2 atom stereocenters. The average molecular weight is 320 g/mol. The number of rotatable bonds is 9. The zero-order valence-electron chi connectivity index (χ0n) is 13.8. The predicted molar refractivity (Wildman–Crippen MR) is 84.9 cm³/mol. The van der Waals surface area contributed by atoms with E-state index in [2.05, 4.69) is 34.2 Å². The highest BCUT2D eigenvalue weighted by molar-refractivity contribution is 5.80. The van der Waals surface area contributed by atoms with Gasteiger partial charge in [-0.05, 0) is 33.1 Å². The molecule has 128 valence electrons. The normalized spacial score (nSPS) is 22.3. The highest BCUT2D eigenvalue weighted by Crippen LogP contribution is 2.21. The van der Waals surface area contributed by atoms with Crippen molar-refractivity contribution in [1.82, 2.24) is 15.5 Å². The number of piperidine rings is 1. The van der Waals surface area contributed by atoms with E-state index in [1.165, 1.54) is 6.42 Å². The third-order valence-corrected chi connectivity index (χ3v) is 4.14. The molecule has 0 unspecified atom stereocenters. The summed E-state index contributed by atoms with van der Waals surface area (Å²) in [6.07, 6.45) is 4.49. The van der Waals surface area contributed by atoms with E-state index in [1.807, 2.05) is 0 Å². The van der Waals surface area contributed by atoms with Gasteiger partial charge in [0.1, 0.15) is 0 Å². The molecule has 0 aliphatic carbocycles. The van der Waals surface area contributed by atoms with Crippen molar-refractivity contribution >= 4 is 11.8 Å². The molecule has 4 N–H and O–H groups in total. The van der Waals surface area contributed by atoms with E-state index in [9.17, 15) is 9.59 Å². The maximum absolute atomic E-state index is 12.0. The molecule has 1 aliphatic heterocycles. The number of hydrogen-bond acceptors (Lipinski definition) is 5. The lowest BCUT2D eigenvalue weighted by Gasteiger charge is -2.38. The molecule has 1 rings (SSSR count). The molecule has 1 saturated heterocycles. The third kappa shape index (κ3) is 7.20. The second-order valence-electron chi connectivity index (χ2n) is 5.98. The van der Waals surface area contributed by atoms with Gasteiger partial charge in [-0.3, -0.25) is 14.5 Å². The highest BCUT2D eigenvalue weighted by atomic mass is 16.6. The van der Waals surface area contributed by atoms with Crippen LogP contribution in [0.5, 0.6) is 0 Å². The van der Waals surface area contributed by atoms with Crippen molar-refractivity contribution < 1.29 is 14.4 Å². The molecule has 1 aliphatic rings. The Kier molecular flexibility index (Phi) is 9.03. The van der Waals surface area contributed by atoms with Crippen molar-refractivity contribution in [3.8, 4) is 0 Å². The minimum atomic E-state index is -0.0722. The average Bonchev–Trinajstić information content (AvgIpc) is 2.48. The molecular weight excluding hydrogens is 290 g/mol. The van der Waals surface area contributed by atoms with E-state index in [4.69, 9.17) is 5.90 Å². The van der Waals surface area contributed by atoms with Gasteiger partial charge >= 0.3 is 0 Å². The summed E-state index contributed by atoms with van der Waals surface area (Å²) in [5.41, 5.74) is 0. The quantitative estimate of drug-likeness (QED) is 0.243. The van der Waals surface area contributed by atoms with Gasteiger partial charge < -0.3 is 15.5 Å². The summed E-state index contributed by atoms with van der Waals surface area (Å²) in [5.74, 6) is 4.81. The summed E-state index contributed by atoms with van der Waals surface area (Å²) in [4.78, 5) is 30.2. The summed E-state index contributed by atoms with van der Waals surface area (Å²) < 4.78 is 0. The monoisotopic (exact) mass is 320 g/mol. The molecule has 7 nitrogen and oxygen atoms in total. The molecule has 22 heavy (non-hydrogen) atoms. The first-order valence-corrected chi connectivity index (χ1v) is 8.15. The highest BCUT2D eigenvalue weighted by Gasteiger charge is 2.26. The van der Waals surface area contributed by atoms with E-state index in [1.54, 1.807) is 0 Å². The number of carbonyl (C=O) groups excluding carboxylic acids is 2. The molecule has 0 bridgehead atoms. The molecule has 0 radical (unpaired) electrons. The van der Waals surface area contributed by atoms with Gasteiger partial charge in [-0.15, -0.1) is 0 Å². The topological polar surface area (TPSA) is 96.7 Å². The molecule has 0 aromatic rings. The second kappa shape index (κ2) is 10.5. The van der Waals surface area contributed by atoms with Crippen LogP contribution in [0.15, 0.2) is 0 Å². The van der Waals surface area contributed by atoms with Crippen LogP contribution in [0.4, 0.5) is 0 Å². The van der Waals surface area contributed by atoms with Crippen LogP contribution in [0.1, 0.15) is 46.0 Å². The zero-order valence-corrected chi connectivity index (χ0v) is 13.8. The Morgan fingerprint density at radius 3 is 2.41 bits per heavy atom. The van der Waals surface area contributed by atoms with E-state index >= 15 is 0 Å². The Hall–Kier alpha value is -1.18. The van der Waals surface area contributed by atoms with Crippen LogP contribution < -0.4 is 16.5 Å². The summed E-state index contributed by atoms with van der Waals surface area (Å²) in [7, 11) is 0. The van der Waals surface area contributed by atoms with Crippen molar-refractivity contribution in [2.24, 2.45) is 5.90 Å². The standard InChI is InChI=1S/C15H30N4O3/c1-12-5-3-6-13(2)19(12)11-15(21)18-9-7-14(20)17-8-4-10-22-16/h12-13H,3-11,16H2,1-2H3,(H,17,20)(H,18,21)/t12-,13+/i1+1,2+1,9+1,15+1,18+1,19+1. The van der Waals surface area contributed by atoms with Crippen molar-refractivity contribution in [3.63, 3.8) is 0 Å². The van der Waals surface area contributed by atoms with Crippen molar-refractivity contribution in [2.45, 2.75) is 58.0 Å². The fourth-order valence-corrected chi connectivity index (χ4v) is 2.80. The van der Waals surface area contributed by atoms with Crippen LogP contribution in [0.3, 0.4) is 0 Å². The Bertz CT molecular complexity index is 342. The van der Waals surface area contributed by atoms with E-state index in [0.29, 0.717) is 51.2 Å². The minimum Gasteiger partial charge on any atom is -0.356 e.